The summed E-state index contributed by atoms with van der Waals surface area (Å²) in [7, 11) is -1.12. The highest BCUT2D eigenvalue weighted by Gasteiger charge is 2.35. The van der Waals surface area contributed by atoms with Gasteiger partial charge in [0.2, 0.25) is 10.0 Å². The van der Waals surface area contributed by atoms with Crippen molar-refractivity contribution in [2.24, 2.45) is 11.8 Å². The lowest BCUT2D eigenvalue weighted by atomic mass is 10.2. The number of ether oxygens (including phenoxy) is 1. The lowest BCUT2D eigenvalue weighted by Crippen LogP contribution is -2.33. The third kappa shape index (κ3) is 4.61. The van der Waals surface area contributed by atoms with Crippen molar-refractivity contribution in [3.05, 3.63) is 17.4 Å². The van der Waals surface area contributed by atoms with Gasteiger partial charge in [0.1, 0.15) is 11.4 Å². The molecule has 0 aromatic carbocycles. The third-order valence-electron chi connectivity index (χ3n) is 4.57. The third-order valence-corrected chi connectivity index (χ3v) is 5.74. The number of hydrogen-bond donors (Lipinski definition) is 1. The molecule has 1 fully saturated rings. The number of anilines is 2. The summed E-state index contributed by atoms with van der Waals surface area (Å²) < 4.78 is 43.9. The van der Waals surface area contributed by atoms with Gasteiger partial charge in [0.05, 0.1) is 12.9 Å². The summed E-state index contributed by atoms with van der Waals surface area (Å²) in [6.07, 6.45) is 1.95. The van der Waals surface area contributed by atoms with Crippen LogP contribution in [0.5, 0.6) is 0 Å². The molecule has 8 nitrogen and oxygen atoms in total. The molecule has 1 saturated carbocycles. The zero-order valence-corrected chi connectivity index (χ0v) is 16.1. The van der Waals surface area contributed by atoms with Gasteiger partial charge in [-0.1, -0.05) is 6.92 Å². The second-order valence-corrected chi connectivity index (χ2v) is 8.63. The molecule has 2 atom stereocenters. The van der Waals surface area contributed by atoms with Gasteiger partial charge < -0.3 is 14.7 Å². The molecule has 2 rings (SSSR count). The van der Waals surface area contributed by atoms with E-state index in [0.717, 1.165) is 25.8 Å². The molecular weight excluding hydrogens is 365 g/mol. The van der Waals surface area contributed by atoms with Crippen LogP contribution >= 0.6 is 0 Å². The van der Waals surface area contributed by atoms with Crippen molar-refractivity contribution in [1.29, 1.82) is 0 Å². The number of aromatic nitrogens is 1. The van der Waals surface area contributed by atoms with E-state index in [2.05, 4.69) is 11.9 Å². The van der Waals surface area contributed by atoms with Crippen molar-refractivity contribution in [1.82, 2.24) is 4.98 Å². The van der Waals surface area contributed by atoms with Crippen LogP contribution in [-0.2, 0) is 14.8 Å². The zero-order valence-electron chi connectivity index (χ0n) is 15.3. The lowest BCUT2D eigenvalue weighted by Gasteiger charge is -2.26. The number of sulfonamides is 1. The second kappa shape index (κ2) is 7.75. The van der Waals surface area contributed by atoms with Crippen LogP contribution in [0, 0.1) is 17.7 Å². The maximum absolute atomic E-state index is 14.5. The fraction of sp³-hybridized carbons (Fsp3) is 0.625. The molecule has 10 heteroatoms. The highest BCUT2D eigenvalue weighted by atomic mass is 32.2. The Labute approximate surface area is 152 Å². The minimum Gasteiger partial charge on any atom is -0.478 e. The summed E-state index contributed by atoms with van der Waals surface area (Å²) in [5, 5.41) is 9.31. The molecule has 0 amide bonds. The molecule has 1 N–H and O–H groups in total. The predicted molar refractivity (Wildman–Crippen MR) is 95.8 cm³/mol. The largest absolute Gasteiger partial charge is 0.478 e. The number of methoxy groups -OCH3 is 1. The van der Waals surface area contributed by atoms with Crippen molar-refractivity contribution in [3.63, 3.8) is 0 Å². The van der Waals surface area contributed by atoms with Crippen LogP contribution in [0.4, 0.5) is 16.0 Å². The summed E-state index contributed by atoms with van der Waals surface area (Å²) in [6, 6.07) is 1.14. The lowest BCUT2D eigenvalue weighted by molar-refractivity contribution is 0.0691. The second-order valence-electron chi connectivity index (χ2n) is 6.61. The van der Waals surface area contributed by atoms with Crippen LogP contribution in [0.1, 0.15) is 23.7 Å². The van der Waals surface area contributed by atoms with Crippen LogP contribution in [0.25, 0.3) is 0 Å². The zero-order chi connectivity index (χ0) is 19.6. The maximum Gasteiger partial charge on any atom is 0.338 e. The van der Waals surface area contributed by atoms with Gasteiger partial charge in [-0.25, -0.2) is 22.6 Å². The van der Waals surface area contributed by atoms with Gasteiger partial charge in [-0.05, 0) is 24.3 Å². The molecule has 1 aliphatic rings. The van der Waals surface area contributed by atoms with Gasteiger partial charge in [0, 0.05) is 27.2 Å². The molecule has 1 aliphatic carbocycles. The van der Waals surface area contributed by atoms with E-state index in [9.17, 15) is 22.7 Å². The van der Waals surface area contributed by atoms with E-state index in [1.165, 1.54) is 0 Å². The molecule has 1 aromatic rings. The Bertz CT molecular complexity index is 786. The maximum atomic E-state index is 14.5. The Morgan fingerprint density at radius 2 is 2.12 bits per heavy atom. The van der Waals surface area contributed by atoms with E-state index in [0.29, 0.717) is 35.8 Å². The van der Waals surface area contributed by atoms with Crippen LogP contribution < -0.4 is 9.21 Å². The fourth-order valence-corrected chi connectivity index (χ4v) is 3.06. The SMILES string of the molecule is COCCN(CC1CC1C)c1cc(C(=O)O)c(F)c(N(C)S(C)(=O)=O)n1. The number of hydrogen-bond acceptors (Lipinski definition) is 6. The first-order chi connectivity index (χ1) is 12.1. The van der Waals surface area contributed by atoms with E-state index < -0.39 is 33.2 Å². The molecule has 1 aromatic heterocycles. The average Bonchev–Trinajstić information content (AvgIpc) is 3.24. The van der Waals surface area contributed by atoms with E-state index in [1.807, 2.05) is 4.90 Å². The van der Waals surface area contributed by atoms with Gasteiger partial charge in [0.15, 0.2) is 11.6 Å². The van der Waals surface area contributed by atoms with Gasteiger partial charge in [-0.3, -0.25) is 4.31 Å². The van der Waals surface area contributed by atoms with Crippen molar-refractivity contribution in [2.45, 2.75) is 13.3 Å². The van der Waals surface area contributed by atoms with Crippen LogP contribution in [0.3, 0.4) is 0 Å². The number of rotatable bonds is 9. The molecule has 0 aliphatic heterocycles. The number of carboxylic acid groups (broad SMARTS) is 1. The Hall–Kier alpha value is -1.94. The minimum atomic E-state index is -3.81. The number of halogens is 1. The number of carboxylic acids is 1. The van der Waals surface area contributed by atoms with Crippen LogP contribution in [0.2, 0.25) is 0 Å². The Morgan fingerprint density at radius 3 is 2.58 bits per heavy atom. The topological polar surface area (TPSA) is 100 Å². The molecule has 0 saturated heterocycles. The quantitative estimate of drug-likeness (QED) is 0.682. The number of carbonyl (C=O) groups is 1. The molecule has 2 unspecified atom stereocenters. The average molecular weight is 389 g/mol. The Balaban J connectivity index is 2.50. The molecule has 1 heterocycles. The first kappa shape index (κ1) is 20.4. The van der Waals surface area contributed by atoms with Crippen molar-refractivity contribution < 1.29 is 27.4 Å². The van der Waals surface area contributed by atoms with Gasteiger partial charge in [-0.15, -0.1) is 0 Å². The molecular formula is C16H24FN3O5S. The van der Waals surface area contributed by atoms with Gasteiger partial charge in [-0.2, -0.15) is 0 Å². The van der Waals surface area contributed by atoms with Crippen LogP contribution in [-0.4, -0.2) is 64.6 Å². The highest BCUT2D eigenvalue weighted by molar-refractivity contribution is 7.92. The van der Waals surface area contributed by atoms with Crippen molar-refractivity contribution in [3.8, 4) is 0 Å². The number of nitrogens with zero attached hydrogens (tertiary/aromatic N) is 3. The highest BCUT2D eigenvalue weighted by Crippen LogP contribution is 2.39. The van der Waals surface area contributed by atoms with E-state index in [-0.39, 0.29) is 5.82 Å². The molecule has 0 spiro atoms. The minimum absolute atomic E-state index is 0.213. The predicted octanol–water partition coefficient (Wildman–Crippen LogP) is 1.42. The first-order valence-electron chi connectivity index (χ1n) is 8.17. The number of pyridine rings is 1. The molecule has 0 radical (unpaired) electrons. The molecule has 0 bridgehead atoms. The standard InChI is InChI=1S/C16H24FN3O5S/c1-10-7-11(10)9-20(5-6-25-3)13-8-12(16(21)22)14(17)15(18-13)19(2)26(4,23)24/h8,10-11H,5-7,9H2,1-4H3,(H,21,22). The summed E-state index contributed by atoms with van der Waals surface area (Å²) in [4.78, 5) is 17.4. The van der Waals surface area contributed by atoms with E-state index >= 15 is 0 Å². The fourth-order valence-electron chi connectivity index (χ4n) is 2.62. The summed E-state index contributed by atoms with van der Waals surface area (Å²) in [5.74, 6) is -2.00. The summed E-state index contributed by atoms with van der Waals surface area (Å²) in [6.45, 7) is 3.53. The Kier molecular flexibility index (Phi) is 6.07. The first-order valence-corrected chi connectivity index (χ1v) is 10.0. The van der Waals surface area contributed by atoms with Crippen LogP contribution in [0.15, 0.2) is 6.07 Å². The number of aromatic carboxylic acids is 1. The monoisotopic (exact) mass is 389 g/mol. The molecule has 26 heavy (non-hydrogen) atoms. The van der Waals surface area contributed by atoms with Gasteiger partial charge in [0.25, 0.3) is 0 Å². The molecule has 146 valence electrons. The Morgan fingerprint density at radius 1 is 1.50 bits per heavy atom. The van der Waals surface area contributed by atoms with E-state index in [4.69, 9.17) is 4.74 Å². The smallest absolute Gasteiger partial charge is 0.338 e. The van der Waals surface area contributed by atoms with Gasteiger partial charge >= 0.3 is 5.97 Å². The van der Waals surface area contributed by atoms with E-state index in [1.54, 1.807) is 7.11 Å². The summed E-state index contributed by atoms with van der Waals surface area (Å²) >= 11 is 0. The summed E-state index contributed by atoms with van der Waals surface area (Å²) in [5.41, 5.74) is -0.619. The normalized spacial score (nSPS) is 19.3. The van der Waals surface area contributed by atoms with Crippen molar-refractivity contribution in [2.75, 3.05) is 49.3 Å². The van der Waals surface area contributed by atoms with Crippen molar-refractivity contribution >= 4 is 27.6 Å².